The van der Waals surface area contributed by atoms with E-state index in [9.17, 15) is 15.3 Å². The minimum Gasteiger partial charge on any atom is -0.489 e. The lowest BCUT2D eigenvalue weighted by molar-refractivity contribution is -0.178. The normalized spacial score (nSPS) is 32.7. The van der Waals surface area contributed by atoms with E-state index >= 15 is 0 Å². The van der Waals surface area contributed by atoms with Crippen molar-refractivity contribution in [3.05, 3.63) is 42.5 Å². The highest BCUT2D eigenvalue weighted by atomic mass is 16.6. The molecule has 0 spiro atoms. The molecule has 6 atom stereocenters. The Hall–Kier alpha value is -2.83. The van der Waals surface area contributed by atoms with Crippen molar-refractivity contribution in [2.45, 2.75) is 49.7 Å². The highest BCUT2D eigenvalue weighted by Crippen LogP contribution is 2.38. The largest absolute Gasteiger partial charge is 0.489 e. The number of benzene rings is 1. The summed E-state index contributed by atoms with van der Waals surface area (Å²) in [4.78, 5) is 12.5. The first-order valence-electron chi connectivity index (χ1n) is 10.1. The Bertz CT molecular complexity index is 1110. The standard InChI is InChI=1S/C20H24N6O5/c1-10-12(6-11-4-2-3-5-13(11)30-10)25-20(17(29)16(28)14(7-27)31-20)26-9-24-15-18(21)22-8-23-19(15)26/h2-5,8-10,12,14,16-17,25,27-29H,6-7H2,1H3,(H2,21,22,23)/t10-,12+,14+,16+,17+,20-/m0/s1. The Kier molecular flexibility index (Phi) is 4.79. The molecule has 2 aliphatic rings. The maximum absolute atomic E-state index is 11.1. The molecule has 11 nitrogen and oxygen atoms in total. The summed E-state index contributed by atoms with van der Waals surface area (Å²) < 4.78 is 13.6. The first-order chi connectivity index (χ1) is 14.9. The van der Waals surface area contributed by atoms with Crippen molar-refractivity contribution in [2.75, 3.05) is 12.3 Å². The molecular formula is C20H24N6O5. The second-order valence-electron chi connectivity index (χ2n) is 7.90. The molecule has 2 aliphatic heterocycles. The molecule has 0 unspecified atom stereocenters. The topological polar surface area (TPSA) is 161 Å². The number of anilines is 1. The Balaban J connectivity index is 1.60. The van der Waals surface area contributed by atoms with E-state index in [-0.39, 0.29) is 18.0 Å². The average Bonchev–Trinajstić information content (AvgIpc) is 3.31. The number of aliphatic hydroxyl groups is 3. The van der Waals surface area contributed by atoms with Gasteiger partial charge in [0, 0.05) is 0 Å². The van der Waals surface area contributed by atoms with Crippen LogP contribution in [0.1, 0.15) is 12.5 Å². The first-order valence-corrected chi connectivity index (χ1v) is 10.1. The van der Waals surface area contributed by atoms with Crippen molar-refractivity contribution in [3.8, 4) is 5.75 Å². The van der Waals surface area contributed by atoms with Crippen LogP contribution in [0.15, 0.2) is 36.9 Å². The molecule has 0 radical (unpaired) electrons. The Morgan fingerprint density at radius 1 is 1.26 bits per heavy atom. The summed E-state index contributed by atoms with van der Waals surface area (Å²) in [6, 6.07) is 7.42. The summed E-state index contributed by atoms with van der Waals surface area (Å²) >= 11 is 0. The molecule has 3 aromatic rings. The van der Waals surface area contributed by atoms with E-state index in [0.29, 0.717) is 17.6 Å². The summed E-state index contributed by atoms with van der Waals surface area (Å²) in [6.45, 7) is 1.43. The lowest BCUT2D eigenvalue weighted by atomic mass is 9.96. The van der Waals surface area contributed by atoms with E-state index in [4.69, 9.17) is 15.2 Å². The van der Waals surface area contributed by atoms with Gasteiger partial charge in [-0.1, -0.05) is 18.2 Å². The van der Waals surface area contributed by atoms with E-state index in [2.05, 4.69) is 20.3 Å². The zero-order valence-corrected chi connectivity index (χ0v) is 16.8. The van der Waals surface area contributed by atoms with Gasteiger partial charge in [0.2, 0.25) is 5.85 Å². The van der Waals surface area contributed by atoms with Crippen LogP contribution in [-0.2, 0) is 17.0 Å². The van der Waals surface area contributed by atoms with Gasteiger partial charge >= 0.3 is 0 Å². The third-order valence-electron chi connectivity index (χ3n) is 6.02. The monoisotopic (exact) mass is 428 g/mol. The van der Waals surface area contributed by atoms with Crippen LogP contribution < -0.4 is 15.8 Å². The number of para-hydroxylation sites is 1. The second kappa shape index (κ2) is 7.39. The van der Waals surface area contributed by atoms with Gasteiger partial charge in [0.15, 0.2) is 11.5 Å². The van der Waals surface area contributed by atoms with Crippen molar-refractivity contribution in [1.82, 2.24) is 24.8 Å². The third kappa shape index (κ3) is 3.05. The van der Waals surface area contributed by atoms with Crippen molar-refractivity contribution < 1.29 is 24.8 Å². The number of nitrogen functional groups attached to an aromatic ring is 1. The Labute approximate surface area is 177 Å². The summed E-state index contributed by atoms with van der Waals surface area (Å²) in [5, 5.41) is 34.7. The van der Waals surface area contributed by atoms with Crippen LogP contribution in [0.25, 0.3) is 11.2 Å². The van der Waals surface area contributed by atoms with Gasteiger partial charge < -0.3 is 30.5 Å². The molecule has 1 saturated heterocycles. The lowest BCUT2D eigenvalue weighted by Gasteiger charge is -2.41. The lowest BCUT2D eigenvalue weighted by Crippen LogP contribution is -2.62. The van der Waals surface area contributed by atoms with Gasteiger partial charge in [-0.25, -0.2) is 15.0 Å². The van der Waals surface area contributed by atoms with E-state index in [1.807, 2.05) is 31.2 Å². The van der Waals surface area contributed by atoms with Crippen LogP contribution in [0, 0.1) is 0 Å². The number of aromatic nitrogens is 4. The fourth-order valence-electron chi connectivity index (χ4n) is 4.34. The molecule has 0 amide bonds. The van der Waals surface area contributed by atoms with Crippen LogP contribution >= 0.6 is 0 Å². The molecule has 164 valence electrons. The van der Waals surface area contributed by atoms with Crippen molar-refractivity contribution >= 4 is 17.0 Å². The molecule has 0 saturated carbocycles. The summed E-state index contributed by atoms with van der Waals surface area (Å²) in [5.41, 5.74) is 7.58. The highest BCUT2D eigenvalue weighted by Gasteiger charge is 2.57. The minimum absolute atomic E-state index is 0.175. The number of fused-ring (bicyclic) bond motifs is 2. The molecule has 6 N–H and O–H groups in total. The molecule has 0 bridgehead atoms. The molecule has 31 heavy (non-hydrogen) atoms. The Morgan fingerprint density at radius 2 is 2.06 bits per heavy atom. The molecule has 11 heteroatoms. The number of hydrogen-bond acceptors (Lipinski definition) is 10. The maximum atomic E-state index is 11.1. The number of ether oxygens (including phenoxy) is 2. The average molecular weight is 428 g/mol. The van der Waals surface area contributed by atoms with Crippen LogP contribution in [0.4, 0.5) is 5.82 Å². The van der Waals surface area contributed by atoms with Crippen LogP contribution in [-0.4, -0.2) is 71.9 Å². The number of rotatable bonds is 4. The zero-order chi connectivity index (χ0) is 21.8. The summed E-state index contributed by atoms with van der Waals surface area (Å²) in [7, 11) is 0. The number of nitrogens with two attached hydrogens (primary N) is 1. The zero-order valence-electron chi connectivity index (χ0n) is 16.8. The number of imidazole rings is 1. The fraction of sp³-hybridized carbons (Fsp3) is 0.450. The molecule has 4 heterocycles. The number of nitrogens with one attached hydrogen (secondary N) is 1. The number of aliphatic hydroxyl groups excluding tert-OH is 3. The third-order valence-corrected chi connectivity index (χ3v) is 6.02. The van der Waals surface area contributed by atoms with Crippen molar-refractivity contribution in [2.24, 2.45) is 0 Å². The van der Waals surface area contributed by atoms with Crippen molar-refractivity contribution in [3.63, 3.8) is 0 Å². The summed E-state index contributed by atoms with van der Waals surface area (Å²) in [5.74, 6) is -0.692. The molecule has 2 aromatic heterocycles. The van der Waals surface area contributed by atoms with E-state index in [1.54, 1.807) is 0 Å². The minimum atomic E-state index is -1.67. The molecule has 5 rings (SSSR count). The van der Waals surface area contributed by atoms with Crippen molar-refractivity contribution in [1.29, 1.82) is 0 Å². The van der Waals surface area contributed by atoms with Gasteiger partial charge in [0.25, 0.3) is 0 Å². The van der Waals surface area contributed by atoms with Gasteiger partial charge in [-0.2, -0.15) is 0 Å². The Morgan fingerprint density at radius 3 is 2.84 bits per heavy atom. The van der Waals surface area contributed by atoms with E-state index < -0.39 is 30.8 Å². The smallest absolute Gasteiger partial charge is 0.234 e. The fourth-order valence-corrected chi connectivity index (χ4v) is 4.34. The van der Waals surface area contributed by atoms with Crippen LogP contribution in [0.3, 0.4) is 0 Å². The van der Waals surface area contributed by atoms with Gasteiger partial charge in [-0.05, 0) is 25.0 Å². The molecule has 0 aliphatic carbocycles. The van der Waals surface area contributed by atoms with Gasteiger partial charge in [0.05, 0.1) is 12.6 Å². The number of hydrogen-bond donors (Lipinski definition) is 5. The molecular weight excluding hydrogens is 404 g/mol. The van der Waals surface area contributed by atoms with E-state index in [1.165, 1.54) is 17.2 Å². The predicted molar refractivity (Wildman–Crippen MR) is 109 cm³/mol. The SMILES string of the molecule is C[C@@H]1Oc2ccccc2C[C@H]1N[C@@]1(n2cnc3c(N)ncnc32)O[C@H](CO)[C@@H](O)[C@H]1O. The van der Waals surface area contributed by atoms with E-state index in [0.717, 1.165) is 11.3 Å². The highest BCUT2D eigenvalue weighted by molar-refractivity contribution is 5.81. The van der Waals surface area contributed by atoms with Crippen LogP contribution in [0.2, 0.25) is 0 Å². The van der Waals surface area contributed by atoms with Gasteiger partial charge in [0.1, 0.15) is 48.3 Å². The maximum Gasteiger partial charge on any atom is 0.234 e. The van der Waals surface area contributed by atoms with Gasteiger partial charge in [-0.3, -0.25) is 9.88 Å². The molecule has 1 aromatic carbocycles. The second-order valence-corrected chi connectivity index (χ2v) is 7.90. The predicted octanol–water partition coefficient (Wildman–Crippen LogP) is -0.886. The first kappa shape index (κ1) is 20.1. The van der Waals surface area contributed by atoms with Crippen LogP contribution in [0.5, 0.6) is 5.75 Å². The number of nitrogens with zero attached hydrogens (tertiary/aromatic N) is 4. The molecule has 1 fully saturated rings. The summed E-state index contributed by atoms with van der Waals surface area (Å²) in [6.07, 6.45) is -0.787. The quantitative estimate of drug-likeness (QED) is 0.353. The van der Waals surface area contributed by atoms with Gasteiger partial charge in [-0.15, -0.1) is 0 Å².